The van der Waals surface area contributed by atoms with Gasteiger partial charge in [0.1, 0.15) is 5.78 Å². The predicted molar refractivity (Wildman–Crippen MR) is 65.8 cm³/mol. The minimum Gasteiger partial charge on any atom is -0.465 e. The smallest absolute Gasteiger partial charge is 0.309 e. The number of rotatable bonds is 4. The van der Waals surface area contributed by atoms with E-state index in [2.05, 4.69) is 0 Å². The maximum absolute atomic E-state index is 11.8. The van der Waals surface area contributed by atoms with Gasteiger partial charge in [0.15, 0.2) is 0 Å². The first-order valence-corrected chi connectivity index (χ1v) is 6.50. The molecule has 2 unspecified atom stereocenters. The van der Waals surface area contributed by atoms with Gasteiger partial charge in [-0.25, -0.2) is 0 Å². The van der Waals surface area contributed by atoms with Crippen molar-refractivity contribution in [1.29, 1.82) is 0 Å². The Balaban J connectivity index is 1.45. The van der Waals surface area contributed by atoms with E-state index in [1.54, 1.807) is 0 Å². The van der Waals surface area contributed by atoms with Crippen molar-refractivity contribution in [2.45, 2.75) is 19.3 Å². The molecule has 0 heterocycles. The number of benzene rings is 1. The summed E-state index contributed by atoms with van der Waals surface area (Å²) in [4.78, 5) is 23.2. The van der Waals surface area contributed by atoms with Crippen LogP contribution in [0.2, 0.25) is 0 Å². The summed E-state index contributed by atoms with van der Waals surface area (Å²) in [5.41, 5.74) is 1.16. The molecule has 0 bridgehead atoms. The van der Waals surface area contributed by atoms with Crippen LogP contribution >= 0.6 is 0 Å². The number of hydrogen-bond acceptors (Lipinski definition) is 3. The van der Waals surface area contributed by atoms with Gasteiger partial charge in [-0.05, 0) is 17.9 Å². The second-order valence-corrected chi connectivity index (χ2v) is 5.12. The molecule has 94 valence electrons. The van der Waals surface area contributed by atoms with Crippen LogP contribution < -0.4 is 0 Å². The number of carbonyl (C=O) groups is 2. The van der Waals surface area contributed by atoms with Crippen LogP contribution in [0, 0.1) is 17.8 Å². The lowest BCUT2D eigenvalue weighted by Crippen LogP contribution is -2.14. The van der Waals surface area contributed by atoms with E-state index in [4.69, 9.17) is 4.74 Å². The van der Waals surface area contributed by atoms with E-state index >= 15 is 0 Å². The molecule has 0 aromatic heterocycles. The van der Waals surface area contributed by atoms with Gasteiger partial charge in [-0.2, -0.15) is 0 Å². The van der Waals surface area contributed by atoms with Gasteiger partial charge in [0.05, 0.1) is 12.5 Å². The van der Waals surface area contributed by atoms with Crippen molar-refractivity contribution in [2.75, 3.05) is 6.61 Å². The van der Waals surface area contributed by atoms with E-state index in [0.29, 0.717) is 18.9 Å². The zero-order valence-corrected chi connectivity index (χ0v) is 10.2. The van der Waals surface area contributed by atoms with Crippen LogP contribution in [0.25, 0.3) is 0 Å². The fourth-order valence-electron chi connectivity index (χ4n) is 2.98. The molecule has 3 rings (SSSR count). The van der Waals surface area contributed by atoms with Crippen molar-refractivity contribution in [1.82, 2.24) is 0 Å². The average molecular weight is 244 g/mol. The molecule has 18 heavy (non-hydrogen) atoms. The third-order valence-corrected chi connectivity index (χ3v) is 4.01. The fraction of sp³-hybridized carbons (Fsp3) is 0.467. The molecule has 2 aliphatic carbocycles. The first-order chi connectivity index (χ1) is 8.77. The minimum atomic E-state index is -0.172. The van der Waals surface area contributed by atoms with Gasteiger partial charge >= 0.3 is 5.97 Å². The average Bonchev–Trinajstić information content (AvgIpc) is 3.01. The third kappa shape index (κ3) is 2.05. The first-order valence-electron chi connectivity index (χ1n) is 6.50. The first kappa shape index (κ1) is 11.5. The van der Waals surface area contributed by atoms with E-state index < -0.39 is 0 Å². The lowest BCUT2D eigenvalue weighted by Gasteiger charge is -2.05. The Morgan fingerprint density at radius 1 is 1.28 bits per heavy atom. The summed E-state index contributed by atoms with van der Waals surface area (Å²) in [5, 5.41) is 0. The van der Waals surface area contributed by atoms with E-state index in [0.717, 1.165) is 18.4 Å². The molecule has 1 aromatic rings. The highest BCUT2D eigenvalue weighted by Gasteiger charge is 2.62. The zero-order chi connectivity index (χ0) is 12.5. The molecule has 0 amide bonds. The van der Waals surface area contributed by atoms with Crippen LogP contribution in [0.4, 0.5) is 0 Å². The number of esters is 1. The van der Waals surface area contributed by atoms with E-state index in [9.17, 15) is 9.59 Å². The second-order valence-electron chi connectivity index (χ2n) is 5.12. The lowest BCUT2D eigenvalue weighted by atomic mass is 10.1. The van der Waals surface area contributed by atoms with Crippen molar-refractivity contribution in [3.63, 3.8) is 0 Å². The van der Waals surface area contributed by atoms with Gasteiger partial charge in [0.25, 0.3) is 0 Å². The van der Waals surface area contributed by atoms with E-state index in [1.165, 1.54) is 0 Å². The molecule has 3 heteroatoms. The van der Waals surface area contributed by atoms with E-state index in [-0.39, 0.29) is 23.6 Å². The van der Waals surface area contributed by atoms with E-state index in [1.807, 2.05) is 30.3 Å². The molecule has 0 saturated heterocycles. The number of ether oxygens (including phenoxy) is 1. The normalized spacial score (nSPS) is 28.9. The van der Waals surface area contributed by atoms with Crippen molar-refractivity contribution in [3.05, 3.63) is 35.9 Å². The molecule has 1 aromatic carbocycles. The predicted octanol–water partition coefficient (Wildman–Crippen LogP) is 2.00. The summed E-state index contributed by atoms with van der Waals surface area (Å²) in [6, 6.07) is 9.95. The standard InChI is InChI=1S/C15H16O3/c16-12-7-6-11-13(12)14(11)15(17)18-9-8-10-4-2-1-3-5-10/h1-5,11,13-14H,6-9H2/t11?,13-,14?/m0/s1. The van der Waals surface area contributed by atoms with Gasteiger partial charge < -0.3 is 4.74 Å². The topological polar surface area (TPSA) is 43.4 Å². The number of hydrogen-bond donors (Lipinski definition) is 0. The van der Waals surface area contributed by atoms with Crippen LogP contribution in [0.3, 0.4) is 0 Å². The highest BCUT2D eigenvalue weighted by molar-refractivity contribution is 5.94. The molecule has 0 aliphatic heterocycles. The zero-order valence-electron chi connectivity index (χ0n) is 10.2. The maximum Gasteiger partial charge on any atom is 0.309 e. The molecule has 3 atom stereocenters. The van der Waals surface area contributed by atoms with Crippen molar-refractivity contribution in [2.24, 2.45) is 17.8 Å². The summed E-state index contributed by atoms with van der Waals surface area (Å²) in [7, 11) is 0. The highest BCUT2D eigenvalue weighted by Crippen LogP contribution is 2.55. The van der Waals surface area contributed by atoms with Crippen LogP contribution in [0.1, 0.15) is 18.4 Å². The third-order valence-electron chi connectivity index (χ3n) is 4.01. The largest absolute Gasteiger partial charge is 0.465 e. The van der Waals surface area contributed by atoms with Crippen molar-refractivity contribution >= 4 is 11.8 Å². The molecule has 3 nitrogen and oxygen atoms in total. The minimum absolute atomic E-state index is 0.00535. The van der Waals surface area contributed by atoms with Crippen molar-refractivity contribution in [3.8, 4) is 0 Å². The monoisotopic (exact) mass is 244 g/mol. The molecule has 2 aliphatic rings. The second kappa shape index (κ2) is 4.56. The lowest BCUT2D eigenvalue weighted by molar-refractivity contribution is -0.146. The summed E-state index contributed by atoms with van der Waals surface area (Å²) in [5.74, 6) is 0.247. The van der Waals surface area contributed by atoms with Crippen LogP contribution in [0.5, 0.6) is 0 Å². The number of carbonyl (C=O) groups excluding carboxylic acids is 2. The Morgan fingerprint density at radius 2 is 2.06 bits per heavy atom. The van der Waals surface area contributed by atoms with Gasteiger partial charge in [-0.15, -0.1) is 0 Å². The molecule has 0 radical (unpaired) electrons. The molecular formula is C15H16O3. The Morgan fingerprint density at radius 3 is 2.72 bits per heavy atom. The van der Waals surface area contributed by atoms with Gasteiger partial charge in [0, 0.05) is 18.8 Å². The fourth-order valence-corrected chi connectivity index (χ4v) is 2.98. The molecule has 2 fully saturated rings. The van der Waals surface area contributed by atoms with Crippen LogP contribution in [0.15, 0.2) is 30.3 Å². The Bertz CT molecular complexity index is 466. The summed E-state index contributed by atoms with van der Waals surface area (Å²) in [6.07, 6.45) is 2.27. The number of ketones is 1. The van der Waals surface area contributed by atoms with Crippen LogP contribution in [-0.4, -0.2) is 18.4 Å². The molecule has 0 N–H and O–H groups in total. The highest BCUT2D eigenvalue weighted by atomic mass is 16.5. The molecule has 2 saturated carbocycles. The van der Waals surface area contributed by atoms with Crippen LogP contribution in [-0.2, 0) is 20.7 Å². The van der Waals surface area contributed by atoms with Gasteiger partial charge in [-0.3, -0.25) is 9.59 Å². The number of fused-ring (bicyclic) bond motifs is 1. The van der Waals surface area contributed by atoms with Crippen molar-refractivity contribution < 1.29 is 14.3 Å². The Kier molecular flexibility index (Phi) is 2.90. The number of Topliss-reactive ketones (excluding diaryl/α,β-unsaturated/α-hetero) is 1. The Hall–Kier alpha value is -1.64. The van der Waals surface area contributed by atoms with Gasteiger partial charge in [-0.1, -0.05) is 30.3 Å². The summed E-state index contributed by atoms with van der Waals surface area (Å²) < 4.78 is 5.26. The molecular weight excluding hydrogens is 228 g/mol. The summed E-state index contributed by atoms with van der Waals surface area (Å²) in [6.45, 7) is 0.410. The summed E-state index contributed by atoms with van der Waals surface area (Å²) >= 11 is 0. The van der Waals surface area contributed by atoms with Gasteiger partial charge in [0.2, 0.25) is 0 Å². The maximum atomic E-state index is 11.8. The molecule has 0 spiro atoms. The Labute approximate surface area is 106 Å². The SMILES string of the molecule is O=C(OCCc1ccccc1)C1C2CCC(=O)[C@H]21. The quantitative estimate of drug-likeness (QED) is 0.761.